The first-order chi connectivity index (χ1) is 6.20. The average Bonchev–Trinajstić information content (AvgIpc) is 2.08. The van der Waals surface area contributed by atoms with E-state index in [0.29, 0.717) is 5.69 Å². The van der Waals surface area contributed by atoms with Crippen LogP contribution in [0.2, 0.25) is 0 Å². The molecule has 0 saturated heterocycles. The van der Waals surface area contributed by atoms with Crippen molar-refractivity contribution in [2.75, 3.05) is 0 Å². The molecule has 1 rings (SSSR count). The molecule has 0 spiro atoms. The second kappa shape index (κ2) is 4.36. The predicted octanol–water partition coefficient (Wildman–Crippen LogP) is -0.0457. The summed E-state index contributed by atoms with van der Waals surface area (Å²) in [5.41, 5.74) is 7.82. The summed E-state index contributed by atoms with van der Waals surface area (Å²) >= 11 is 4.51. The van der Waals surface area contributed by atoms with E-state index in [2.05, 4.69) is 27.7 Å². The van der Waals surface area contributed by atoms with Crippen LogP contribution < -0.4 is 11.2 Å². The fourth-order valence-corrected chi connectivity index (χ4v) is 0.718. The van der Waals surface area contributed by atoms with Crippen LogP contribution in [-0.2, 0) is 0 Å². The summed E-state index contributed by atoms with van der Waals surface area (Å²) in [4.78, 5) is 3.85. The summed E-state index contributed by atoms with van der Waals surface area (Å²) in [6, 6.07) is 3.13. The molecule has 0 saturated carbocycles. The maximum Gasteiger partial charge on any atom is 0.184 e. The third-order valence-corrected chi connectivity index (χ3v) is 1.27. The van der Waals surface area contributed by atoms with E-state index in [-0.39, 0.29) is 10.9 Å². The number of nitrogens with zero attached hydrogens (tertiary/aromatic N) is 2. The molecule has 0 aromatic carbocycles. The van der Waals surface area contributed by atoms with Crippen LogP contribution in [0.3, 0.4) is 0 Å². The Morgan fingerprint density at radius 3 is 3.15 bits per heavy atom. The van der Waals surface area contributed by atoms with E-state index < -0.39 is 0 Å². The Hall–Kier alpha value is -1.69. The highest BCUT2D eigenvalue weighted by molar-refractivity contribution is 7.80. The lowest BCUT2D eigenvalue weighted by atomic mass is 10.3. The van der Waals surface area contributed by atoms with Crippen LogP contribution >= 0.6 is 12.2 Å². The van der Waals surface area contributed by atoms with Crippen LogP contribution in [0, 0.1) is 0 Å². The van der Waals surface area contributed by atoms with Crippen LogP contribution in [0.1, 0.15) is 5.69 Å². The minimum absolute atomic E-state index is 0.0518. The van der Waals surface area contributed by atoms with Crippen molar-refractivity contribution < 1.29 is 5.11 Å². The van der Waals surface area contributed by atoms with Gasteiger partial charge in [-0.2, -0.15) is 5.10 Å². The number of nitrogens with one attached hydrogen (secondary N) is 1. The number of hydrogen-bond donors (Lipinski definition) is 3. The topological polar surface area (TPSA) is 83.5 Å². The van der Waals surface area contributed by atoms with Gasteiger partial charge in [0.1, 0.15) is 11.4 Å². The highest BCUT2D eigenvalue weighted by atomic mass is 32.1. The first-order valence-electron chi connectivity index (χ1n) is 3.42. The molecule has 6 heteroatoms. The number of nitrogens with two attached hydrogens (primary N) is 1. The van der Waals surface area contributed by atoms with Gasteiger partial charge in [-0.25, -0.2) is 0 Å². The van der Waals surface area contributed by atoms with Gasteiger partial charge in [0.2, 0.25) is 0 Å². The van der Waals surface area contributed by atoms with Crippen LogP contribution in [0.5, 0.6) is 5.75 Å². The number of pyridine rings is 1. The molecule has 0 aliphatic rings. The van der Waals surface area contributed by atoms with Crippen molar-refractivity contribution >= 4 is 23.5 Å². The molecule has 13 heavy (non-hydrogen) atoms. The van der Waals surface area contributed by atoms with Crippen molar-refractivity contribution in [2.45, 2.75) is 0 Å². The van der Waals surface area contributed by atoms with Crippen molar-refractivity contribution in [1.29, 1.82) is 0 Å². The SMILES string of the molecule is NC(=S)NN=Cc1ncccc1O. The average molecular weight is 196 g/mol. The fraction of sp³-hybridized carbons (Fsp3) is 0. The van der Waals surface area contributed by atoms with Crippen molar-refractivity contribution in [2.24, 2.45) is 10.8 Å². The van der Waals surface area contributed by atoms with Crippen molar-refractivity contribution in [3.05, 3.63) is 24.0 Å². The van der Waals surface area contributed by atoms with Gasteiger partial charge in [-0.15, -0.1) is 0 Å². The molecule has 5 nitrogen and oxygen atoms in total. The lowest BCUT2D eigenvalue weighted by Gasteiger charge is -1.96. The quantitative estimate of drug-likeness (QED) is 0.351. The molecule has 0 bridgehead atoms. The van der Waals surface area contributed by atoms with E-state index in [9.17, 15) is 5.11 Å². The number of hydrazone groups is 1. The van der Waals surface area contributed by atoms with E-state index >= 15 is 0 Å². The van der Waals surface area contributed by atoms with E-state index in [1.807, 2.05) is 0 Å². The molecule has 0 amide bonds. The van der Waals surface area contributed by atoms with Gasteiger partial charge in [-0.3, -0.25) is 10.4 Å². The van der Waals surface area contributed by atoms with Gasteiger partial charge in [-0.1, -0.05) is 0 Å². The Morgan fingerprint density at radius 1 is 1.77 bits per heavy atom. The molecule has 68 valence electrons. The number of hydrogen-bond acceptors (Lipinski definition) is 4. The third-order valence-electron chi connectivity index (χ3n) is 1.18. The van der Waals surface area contributed by atoms with E-state index in [1.165, 1.54) is 12.3 Å². The van der Waals surface area contributed by atoms with E-state index in [0.717, 1.165) is 0 Å². The summed E-state index contributed by atoms with van der Waals surface area (Å²) in [7, 11) is 0. The largest absolute Gasteiger partial charge is 0.506 e. The second-order valence-corrected chi connectivity index (χ2v) is 2.58. The van der Waals surface area contributed by atoms with Crippen molar-refractivity contribution in [3.8, 4) is 5.75 Å². The lowest BCUT2D eigenvalue weighted by Crippen LogP contribution is -2.24. The fourth-order valence-electron chi connectivity index (χ4n) is 0.666. The molecular weight excluding hydrogens is 188 g/mol. The summed E-state index contributed by atoms with van der Waals surface area (Å²) in [6.45, 7) is 0. The monoisotopic (exact) mass is 196 g/mol. The first-order valence-corrected chi connectivity index (χ1v) is 3.83. The number of thiocarbonyl (C=S) groups is 1. The van der Waals surface area contributed by atoms with Gasteiger partial charge in [0.25, 0.3) is 0 Å². The van der Waals surface area contributed by atoms with E-state index in [1.54, 1.807) is 12.3 Å². The highest BCUT2D eigenvalue weighted by Gasteiger charge is 1.95. The van der Waals surface area contributed by atoms with Crippen LogP contribution in [0.25, 0.3) is 0 Å². The van der Waals surface area contributed by atoms with Gasteiger partial charge in [0, 0.05) is 6.20 Å². The van der Waals surface area contributed by atoms with Crippen molar-refractivity contribution in [3.63, 3.8) is 0 Å². The molecular formula is C7H8N4OS. The molecule has 0 aliphatic heterocycles. The first kappa shape index (κ1) is 9.40. The van der Waals surface area contributed by atoms with Crippen LogP contribution in [-0.4, -0.2) is 21.4 Å². The molecule has 0 atom stereocenters. The summed E-state index contributed by atoms with van der Waals surface area (Å²) in [5, 5.41) is 12.9. The van der Waals surface area contributed by atoms with Gasteiger partial charge in [0.05, 0.1) is 6.21 Å². The Morgan fingerprint density at radius 2 is 2.54 bits per heavy atom. The maximum absolute atomic E-state index is 9.23. The Bertz CT molecular complexity index is 339. The van der Waals surface area contributed by atoms with Crippen molar-refractivity contribution in [1.82, 2.24) is 10.4 Å². The Labute approximate surface area is 80.3 Å². The van der Waals surface area contributed by atoms with Gasteiger partial charge in [-0.05, 0) is 24.4 Å². The summed E-state index contributed by atoms with van der Waals surface area (Å²) in [5.74, 6) is 0.0518. The zero-order chi connectivity index (χ0) is 9.68. The van der Waals surface area contributed by atoms with Gasteiger partial charge < -0.3 is 10.8 Å². The molecule has 1 aromatic rings. The minimum atomic E-state index is 0.0518. The normalized spacial score (nSPS) is 10.2. The second-order valence-electron chi connectivity index (χ2n) is 2.14. The Kier molecular flexibility index (Phi) is 3.15. The van der Waals surface area contributed by atoms with Crippen LogP contribution in [0.4, 0.5) is 0 Å². The predicted molar refractivity (Wildman–Crippen MR) is 53.4 cm³/mol. The number of aromatic hydroxyl groups is 1. The zero-order valence-electron chi connectivity index (χ0n) is 6.64. The third kappa shape index (κ3) is 3.04. The molecule has 0 radical (unpaired) electrons. The zero-order valence-corrected chi connectivity index (χ0v) is 7.45. The summed E-state index contributed by atoms with van der Waals surface area (Å²) < 4.78 is 0. The smallest absolute Gasteiger partial charge is 0.184 e. The molecule has 1 aromatic heterocycles. The molecule has 0 unspecified atom stereocenters. The van der Waals surface area contributed by atoms with E-state index in [4.69, 9.17) is 5.73 Å². The number of aromatic nitrogens is 1. The highest BCUT2D eigenvalue weighted by Crippen LogP contribution is 2.08. The van der Waals surface area contributed by atoms with Gasteiger partial charge in [0.15, 0.2) is 5.11 Å². The number of rotatable bonds is 2. The lowest BCUT2D eigenvalue weighted by molar-refractivity contribution is 0.471. The minimum Gasteiger partial charge on any atom is -0.506 e. The molecule has 4 N–H and O–H groups in total. The molecule has 1 heterocycles. The van der Waals surface area contributed by atoms with Gasteiger partial charge >= 0.3 is 0 Å². The summed E-state index contributed by atoms with van der Waals surface area (Å²) in [6.07, 6.45) is 2.87. The molecule has 0 aliphatic carbocycles. The maximum atomic E-state index is 9.23. The Balaban J connectivity index is 2.68. The van der Waals surface area contributed by atoms with Crippen LogP contribution in [0.15, 0.2) is 23.4 Å². The molecule has 0 fully saturated rings. The standard InChI is InChI=1S/C7H8N4OS/c8-7(13)11-10-4-5-6(12)2-1-3-9-5/h1-4,12H,(H3,8,11,13).